The van der Waals surface area contributed by atoms with Crippen LogP contribution in [0.1, 0.15) is 105 Å². The molecule has 0 aromatic rings. The van der Waals surface area contributed by atoms with Crippen molar-refractivity contribution < 1.29 is 9.59 Å². The molecule has 0 N–H and O–H groups in total. The molecule has 10 atom stereocenters. The molecule has 0 saturated heterocycles. The Bertz CT molecular complexity index is 1020. The normalized spacial score (nSPS) is 48.3. The Balaban J connectivity index is 1.52. The van der Waals surface area contributed by atoms with E-state index in [9.17, 15) is 9.59 Å². The fraction of sp³-hybridized carbons (Fsp3) is 0.882. The van der Waals surface area contributed by atoms with Crippen molar-refractivity contribution in [1.29, 1.82) is 0 Å². The first-order chi connectivity index (χ1) is 18.3. The molecule has 0 bridgehead atoms. The van der Waals surface area contributed by atoms with E-state index in [1.54, 1.807) is 0 Å². The van der Waals surface area contributed by atoms with Crippen LogP contribution >= 0.6 is 39.1 Å². The second-order valence-corrected chi connectivity index (χ2v) is 17.0. The lowest BCUT2D eigenvalue weighted by atomic mass is 9.31. The Hall–Kier alpha value is 0.140. The molecule has 0 aromatic heterocycles. The molecule has 0 radical (unpaired) electrons. The zero-order valence-electron chi connectivity index (χ0n) is 25.0. The van der Waals surface area contributed by atoms with Crippen molar-refractivity contribution in [1.82, 2.24) is 0 Å². The van der Waals surface area contributed by atoms with Gasteiger partial charge in [-0.05, 0) is 121 Å². The molecule has 220 valence electrons. The predicted octanol–water partition coefficient (Wildman–Crippen LogP) is 9.64. The summed E-state index contributed by atoms with van der Waals surface area (Å²) in [5, 5.41) is 0.855. The number of fused-ring (bicyclic) bond motifs is 7. The molecule has 0 aliphatic heterocycles. The van der Waals surface area contributed by atoms with Gasteiger partial charge in [0.2, 0.25) is 0 Å². The Morgan fingerprint density at radius 2 is 1.54 bits per heavy atom. The highest BCUT2D eigenvalue weighted by atomic mass is 79.9. The Morgan fingerprint density at radius 3 is 2.18 bits per heavy atom. The number of halogens is 3. The average Bonchev–Trinajstić information content (AvgIpc) is 3.27. The third-order valence-corrected chi connectivity index (χ3v) is 15.8. The lowest BCUT2D eigenvalue weighted by Crippen LogP contribution is -2.66. The van der Waals surface area contributed by atoms with Crippen LogP contribution < -0.4 is 0 Å². The third-order valence-electron chi connectivity index (χ3n) is 14.6. The molecule has 1 unspecified atom stereocenters. The highest BCUT2D eigenvalue weighted by Gasteiger charge is 2.71. The molecule has 5 heteroatoms. The van der Waals surface area contributed by atoms with Crippen LogP contribution in [0.3, 0.4) is 0 Å². The van der Waals surface area contributed by atoms with E-state index in [2.05, 4.69) is 57.1 Å². The van der Waals surface area contributed by atoms with Gasteiger partial charge in [0.15, 0.2) is 5.78 Å². The average molecular weight is 643 g/mol. The minimum Gasteiger partial charge on any atom is -0.298 e. The summed E-state index contributed by atoms with van der Waals surface area (Å²) in [5.74, 6) is 3.76. The maximum absolute atomic E-state index is 12.9. The summed E-state index contributed by atoms with van der Waals surface area (Å²) < 4.78 is 0. The lowest BCUT2D eigenvalue weighted by Gasteiger charge is -2.73. The number of allylic oxidation sites excluding steroid dienone is 1. The molecule has 39 heavy (non-hydrogen) atoms. The number of hydrogen-bond donors (Lipinski definition) is 0. The minimum atomic E-state index is -0.00807. The van der Waals surface area contributed by atoms with Gasteiger partial charge in [0.05, 0.1) is 11.8 Å². The predicted molar refractivity (Wildman–Crippen MR) is 167 cm³/mol. The van der Waals surface area contributed by atoms with Crippen molar-refractivity contribution in [2.75, 3.05) is 17.1 Å². The summed E-state index contributed by atoms with van der Waals surface area (Å²) in [5.41, 5.74) is 2.20. The van der Waals surface area contributed by atoms with E-state index in [0.717, 1.165) is 31.0 Å². The molecule has 5 saturated carbocycles. The van der Waals surface area contributed by atoms with Crippen LogP contribution in [0.25, 0.3) is 0 Å². The van der Waals surface area contributed by atoms with E-state index in [1.807, 2.05) is 0 Å². The zero-order valence-corrected chi connectivity index (χ0v) is 28.1. The van der Waals surface area contributed by atoms with Gasteiger partial charge in [-0.25, -0.2) is 0 Å². The maximum Gasteiger partial charge on any atom is 0.151 e. The van der Waals surface area contributed by atoms with Gasteiger partial charge >= 0.3 is 0 Å². The van der Waals surface area contributed by atoms with Gasteiger partial charge in [0.25, 0.3) is 0 Å². The minimum absolute atomic E-state index is 0.00807. The van der Waals surface area contributed by atoms with E-state index < -0.39 is 0 Å². The highest BCUT2D eigenvalue weighted by molar-refractivity contribution is 9.09. The summed E-state index contributed by atoms with van der Waals surface area (Å²) in [7, 11) is 0. The molecule has 5 aliphatic carbocycles. The van der Waals surface area contributed by atoms with Crippen molar-refractivity contribution in [2.45, 2.75) is 105 Å². The summed E-state index contributed by atoms with van der Waals surface area (Å²) in [6.45, 7) is 17.2. The zero-order chi connectivity index (χ0) is 28.6. The molecular weight excluding hydrogens is 591 g/mol. The number of rotatable bonds is 7. The van der Waals surface area contributed by atoms with E-state index in [4.69, 9.17) is 23.2 Å². The van der Waals surface area contributed by atoms with Gasteiger partial charge in [-0.1, -0.05) is 62.7 Å². The van der Waals surface area contributed by atoms with Gasteiger partial charge in [0.1, 0.15) is 5.78 Å². The third kappa shape index (κ3) is 4.26. The first-order valence-electron chi connectivity index (χ1n) is 15.7. The van der Waals surface area contributed by atoms with E-state index in [-0.39, 0.29) is 56.3 Å². The molecular formula is C34H51BrCl2O2. The number of carbonyl (C=O) groups is 2. The first kappa shape index (κ1) is 30.6. The van der Waals surface area contributed by atoms with Crippen LogP contribution in [0.2, 0.25) is 0 Å². The second-order valence-electron chi connectivity index (χ2n) is 15.9. The summed E-state index contributed by atoms with van der Waals surface area (Å²) in [4.78, 5) is 25.8. The summed E-state index contributed by atoms with van der Waals surface area (Å²) in [6.07, 6.45) is 12.5. The molecule has 5 rings (SSSR count). The van der Waals surface area contributed by atoms with Crippen LogP contribution in [-0.4, -0.2) is 28.7 Å². The molecule has 0 heterocycles. The number of Topliss-reactive ketones (excluding diaryl/α,β-unsaturated/α-hetero) is 2. The molecule has 5 fully saturated rings. The first-order valence-corrected chi connectivity index (χ1v) is 17.8. The summed E-state index contributed by atoms with van der Waals surface area (Å²) in [6, 6.07) is 0. The number of alkyl halides is 3. The quantitative estimate of drug-likeness (QED) is 0.205. The van der Waals surface area contributed by atoms with Crippen molar-refractivity contribution in [3.8, 4) is 0 Å². The molecule has 0 aromatic carbocycles. The number of ketones is 2. The van der Waals surface area contributed by atoms with Crippen LogP contribution in [0.4, 0.5) is 0 Å². The van der Waals surface area contributed by atoms with Gasteiger partial charge < -0.3 is 0 Å². The van der Waals surface area contributed by atoms with Crippen LogP contribution in [0.15, 0.2) is 12.2 Å². The fourth-order valence-electron chi connectivity index (χ4n) is 12.7. The highest BCUT2D eigenvalue weighted by Crippen LogP contribution is 2.78. The monoisotopic (exact) mass is 640 g/mol. The molecule has 0 spiro atoms. The maximum atomic E-state index is 12.9. The largest absolute Gasteiger partial charge is 0.298 e. The van der Waals surface area contributed by atoms with E-state index >= 15 is 0 Å². The second kappa shape index (κ2) is 10.4. The van der Waals surface area contributed by atoms with Crippen LogP contribution in [0, 0.1) is 62.6 Å². The van der Waals surface area contributed by atoms with Crippen LogP contribution in [0.5, 0.6) is 0 Å². The van der Waals surface area contributed by atoms with Crippen LogP contribution in [-0.2, 0) is 9.59 Å². The van der Waals surface area contributed by atoms with Crippen molar-refractivity contribution in [3.63, 3.8) is 0 Å². The molecule has 5 aliphatic rings. The van der Waals surface area contributed by atoms with E-state index in [0.29, 0.717) is 36.0 Å². The lowest BCUT2D eigenvalue weighted by molar-refractivity contribution is -0.241. The SMILES string of the molecule is C=C(CBr)[C@@H]1CC[C@]2(CC(=O)CCl)CC[C@]3(C)[C@H](CC[C@@H]4[C@@]5(C)CCC(C(=O)CCl)C(C)(C)[C@@H]5CC[C@]43C)[C@@H]12. The van der Waals surface area contributed by atoms with Crippen molar-refractivity contribution in [2.24, 2.45) is 62.6 Å². The Labute approximate surface area is 256 Å². The Kier molecular flexibility index (Phi) is 8.15. The van der Waals surface area contributed by atoms with Gasteiger partial charge in [0, 0.05) is 17.7 Å². The standard InChI is InChI=1S/C34H51BrCl2O2/c1-21(18-35)23-9-14-34(17-22(38)19-36)16-15-32(5)25(29(23)34)7-8-28-31(4)12-10-24(26(39)20-37)30(2,3)27(31)11-13-33(28,32)6/h23-25,27-29H,1,7-20H2,2-6H3/t23-,24?,25+,27-,28+,29+,31-,32+,33+,34+/m0/s1. The number of carbonyl (C=O) groups excluding carboxylic acids is 2. The van der Waals surface area contributed by atoms with E-state index in [1.165, 1.54) is 44.1 Å². The van der Waals surface area contributed by atoms with Crippen molar-refractivity contribution in [3.05, 3.63) is 12.2 Å². The van der Waals surface area contributed by atoms with Crippen molar-refractivity contribution >= 4 is 50.7 Å². The molecule has 0 amide bonds. The van der Waals surface area contributed by atoms with Gasteiger partial charge in [-0.15, -0.1) is 23.2 Å². The summed E-state index contributed by atoms with van der Waals surface area (Å²) >= 11 is 16.0. The smallest absolute Gasteiger partial charge is 0.151 e. The molecule has 2 nitrogen and oxygen atoms in total. The van der Waals surface area contributed by atoms with Gasteiger partial charge in [-0.3, -0.25) is 9.59 Å². The Morgan fingerprint density at radius 1 is 0.821 bits per heavy atom. The fourth-order valence-corrected chi connectivity index (χ4v) is 13.4. The number of hydrogen-bond acceptors (Lipinski definition) is 2. The topological polar surface area (TPSA) is 34.1 Å². The van der Waals surface area contributed by atoms with Gasteiger partial charge in [-0.2, -0.15) is 0 Å².